The third-order valence-corrected chi connectivity index (χ3v) is 2.35. The summed E-state index contributed by atoms with van der Waals surface area (Å²) in [5.74, 6) is -0.111. The minimum absolute atomic E-state index is 0. The van der Waals surface area contributed by atoms with Crippen molar-refractivity contribution in [1.29, 1.82) is 0 Å². The monoisotopic (exact) mass is 226 g/mol. The number of benzene rings is 2. The molecule has 0 spiro atoms. The molecule has 0 fully saturated rings. The first-order valence-corrected chi connectivity index (χ1v) is 4.68. The fourth-order valence-electron chi connectivity index (χ4n) is 1.35. The number of hydrogen-bond donors (Lipinski definition) is 0. The SMILES string of the molecule is [Na+].[O-]c1c(Cl)cccc1-c1ccccc1. The van der Waals surface area contributed by atoms with E-state index >= 15 is 0 Å². The molecule has 0 N–H and O–H groups in total. The second kappa shape index (κ2) is 5.57. The van der Waals surface area contributed by atoms with E-state index < -0.39 is 0 Å². The van der Waals surface area contributed by atoms with Crippen molar-refractivity contribution in [3.63, 3.8) is 0 Å². The van der Waals surface area contributed by atoms with Crippen molar-refractivity contribution in [2.24, 2.45) is 0 Å². The van der Waals surface area contributed by atoms with Crippen LogP contribution in [0.5, 0.6) is 5.75 Å². The van der Waals surface area contributed by atoms with Gasteiger partial charge >= 0.3 is 29.6 Å². The van der Waals surface area contributed by atoms with Crippen LogP contribution >= 0.6 is 11.6 Å². The smallest absolute Gasteiger partial charge is 0.871 e. The molecule has 70 valence electrons. The van der Waals surface area contributed by atoms with Crippen LogP contribution in [0.2, 0.25) is 5.02 Å². The van der Waals surface area contributed by atoms with E-state index in [9.17, 15) is 5.11 Å². The number of rotatable bonds is 1. The molecular weight excluding hydrogens is 219 g/mol. The van der Waals surface area contributed by atoms with E-state index in [1.165, 1.54) is 0 Å². The molecule has 2 rings (SSSR count). The van der Waals surface area contributed by atoms with Crippen LogP contribution in [0.3, 0.4) is 0 Å². The van der Waals surface area contributed by atoms with Crippen molar-refractivity contribution in [3.05, 3.63) is 53.6 Å². The fourth-order valence-corrected chi connectivity index (χ4v) is 1.53. The number of hydrogen-bond acceptors (Lipinski definition) is 1. The molecule has 0 heterocycles. The maximum absolute atomic E-state index is 11.6. The third-order valence-electron chi connectivity index (χ3n) is 2.05. The van der Waals surface area contributed by atoms with Gasteiger partial charge in [0.25, 0.3) is 0 Å². The molecule has 0 aromatic heterocycles. The molecular formula is C12H8ClNaO. The Bertz CT molecular complexity index is 443. The first kappa shape index (κ1) is 12.6. The van der Waals surface area contributed by atoms with Gasteiger partial charge in [-0.1, -0.05) is 59.8 Å². The molecule has 0 unspecified atom stereocenters. The molecule has 0 saturated heterocycles. The van der Waals surface area contributed by atoms with Crippen LogP contribution in [0.1, 0.15) is 0 Å². The quantitative estimate of drug-likeness (QED) is 0.632. The van der Waals surface area contributed by atoms with Gasteiger partial charge in [0.15, 0.2) is 0 Å². The molecule has 0 aliphatic heterocycles. The van der Waals surface area contributed by atoms with Gasteiger partial charge in [0, 0.05) is 5.02 Å². The first-order chi connectivity index (χ1) is 6.79. The predicted molar refractivity (Wildman–Crippen MR) is 56.3 cm³/mol. The summed E-state index contributed by atoms with van der Waals surface area (Å²) in [6, 6.07) is 14.7. The zero-order valence-electron chi connectivity index (χ0n) is 8.41. The molecule has 0 aliphatic rings. The van der Waals surface area contributed by atoms with Crippen LogP contribution in [-0.2, 0) is 0 Å². The van der Waals surface area contributed by atoms with Crippen molar-refractivity contribution >= 4 is 11.6 Å². The Morgan fingerprint density at radius 3 is 2.20 bits per heavy atom. The molecule has 0 bridgehead atoms. The van der Waals surface area contributed by atoms with Gasteiger partial charge in [0.1, 0.15) is 0 Å². The standard InChI is InChI=1S/C12H9ClO.Na/c13-11-8-4-7-10(12(11)14)9-5-2-1-3-6-9;/h1-8,14H;/q;+1/p-1. The molecule has 2 aromatic carbocycles. The Balaban J connectivity index is 0.00000112. The molecule has 0 amide bonds. The molecule has 0 aliphatic carbocycles. The Hall–Kier alpha value is -0.470. The minimum atomic E-state index is -0.111. The number of halogens is 1. The van der Waals surface area contributed by atoms with Gasteiger partial charge in [-0.25, -0.2) is 0 Å². The Labute approximate surface area is 116 Å². The second-order valence-electron chi connectivity index (χ2n) is 2.98. The largest absolute Gasteiger partial charge is 1.00 e. The van der Waals surface area contributed by atoms with Crippen molar-refractivity contribution in [1.82, 2.24) is 0 Å². The molecule has 2 aromatic rings. The average molecular weight is 227 g/mol. The van der Waals surface area contributed by atoms with Gasteiger partial charge in [-0.15, -0.1) is 0 Å². The average Bonchev–Trinajstić information content (AvgIpc) is 2.23. The first-order valence-electron chi connectivity index (χ1n) is 4.30. The Morgan fingerprint density at radius 2 is 1.53 bits per heavy atom. The van der Waals surface area contributed by atoms with Gasteiger partial charge in [-0.2, -0.15) is 0 Å². The fraction of sp³-hybridized carbons (Fsp3) is 0. The van der Waals surface area contributed by atoms with Crippen LogP contribution in [-0.4, -0.2) is 0 Å². The van der Waals surface area contributed by atoms with Crippen LogP contribution in [0.4, 0.5) is 0 Å². The summed E-state index contributed by atoms with van der Waals surface area (Å²) >= 11 is 5.75. The Kier molecular flexibility index (Phi) is 4.68. The van der Waals surface area contributed by atoms with E-state index in [1.807, 2.05) is 30.3 Å². The summed E-state index contributed by atoms with van der Waals surface area (Å²) < 4.78 is 0. The number of para-hydroxylation sites is 1. The summed E-state index contributed by atoms with van der Waals surface area (Å²) in [5, 5.41) is 11.9. The van der Waals surface area contributed by atoms with Crippen molar-refractivity contribution in [3.8, 4) is 16.9 Å². The topological polar surface area (TPSA) is 23.1 Å². The summed E-state index contributed by atoms with van der Waals surface area (Å²) in [5.41, 5.74) is 1.55. The Morgan fingerprint density at radius 1 is 0.867 bits per heavy atom. The third kappa shape index (κ3) is 2.76. The van der Waals surface area contributed by atoms with E-state index in [-0.39, 0.29) is 40.3 Å². The van der Waals surface area contributed by atoms with E-state index in [0.29, 0.717) is 5.56 Å². The van der Waals surface area contributed by atoms with Gasteiger partial charge < -0.3 is 5.11 Å². The van der Waals surface area contributed by atoms with Crippen molar-refractivity contribution in [2.45, 2.75) is 0 Å². The van der Waals surface area contributed by atoms with Gasteiger partial charge in [0.2, 0.25) is 0 Å². The van der Waals surface area contributed by atoms with E-state index in [1.54, 1.807) is 18.2 Å². The van der Waals surface area contributed by atoms with Crippen molar-refractivity contribution in [2.75, 3.05) is 0 Å². The van der Waals surface area contributed by atoms with Crippen LogP contribution in [0.25, 0.3) is 11.1 Å². The zero-order chi connectivity index (χ0) is 9.97. The van der Waals surface area contributed by atoms with Gasteiger partial charge in [0.05, 0.1) is 0 Å². The van der Waals surface area contributed by atoms with Gasteiger partial charge in [-0.05, 0) is 17.2 Å². The van der Waals surface area contributed by atoms with Gasteiger partial charge in [-0.3, -0.25) is 0 Å². The molecule has 0 radical (unpaired) electrons. The van der Waals surface area contributed by atoms with E-state index in [4.69, 9.17) is 11.6 Å². The summed E-state index contributed by atoms with van der Waals surface area (Å²) in [6.45, 7) is 0. The maximum Gasteiger partial charge on any atom is 1.00 e. The second-order valence-corrected chi connectivity index (χ2v) is 3.39. The zero-order valence-corrected chi connectivity index (χ0v) is 11.2. The summed E-state index contributed by atoms with van der Waals surface area (Å²) in [6.07, 6.45) is 0. The van der Waals surface area contributed by atoms with Crippen LogP contribution in [0.15, 0.2) is 48.5 Å². The molecule has 15 heavy (non-hydrogen) atoms. The normalized spacial score (nSPS) is 9.40. The summed E-state index contributed by atoms with van der Waals surface area (Å²) in [4.78, 5) is 0. The predicted octanol–water partition coefficient (Wildman–Crippen LogP) is 0.0846. The van der Waals surface area contributed by atoms with Crippen LogP contribution in [0, 0.1) is 0 Å². The van der Waals surface area contributed by atoms with E-state index in [2.05, 4.69) is 0 Å². The molecule has 0 saturated carbocycles. The molecule has 0 atom stereocenters. The molecule has 1 nitrogen and oxygen atoms in total. The van der Waals surface area contributed by atoms with Crippen molar-refractivity contribution < 1.29 is 34.7 Å². The minimum Gasteiger partial charge on any atom is -0.871 e. The summed E-state index contributed by atoms with van der Waals surface area (Å²) in [7, 11) is 0. The van der Waals surface area contributed by atoms with Crippen LogP contribution < -0.4 is 34.7 Å². The van der Waals surface area contributed by atoms with E-state index in [0.717, 1.165) is 5.56 Å². The molecule has 3 heteroatoms. The maximum atomic E-state index is 11.6.